The summed E-state index contributed by atoms with van der Waals surface area (Å²) in [5, 5.41) is 13.1. The molecule has 0 fully saturated rings. The van der Waals surface area contributed by atoms with Crippen molar-refractivity contribution < 1.29 is 5.11 Å². The van der Waals surface area contributed by atoms with Crippen LogP contribution in [0.25, 0.3) is 11.3 Å². The van der Waals surface area contributed by atoms with Crippen molar-refractivity contribution in [1.29, 1.82) is 0 Å². The van der Waals surface area contributed by atoms with E-state index in [-0.39, 0.29) is 6.61 Å². The lowest BCUT2D eigenvalue weighted by atomic mass is 10.2. The van der Waals surface area contributed by atoms with E-state index in [1.165, 1.54) is 0 Å². The van der Waals surface area contributed by atoms with Crippen LogP contribution in [0.4, 0.5) is 0 Å². The minimum absolute atomic E-state index is 0.0550. The van der Waals surface area contributed by atoms with E-state index in [1.54, 1.807) is 4.68 Å². The van der Waals surface area contributed by atoms with Gasteiger partial charge in [-0.1, -0.05) is 13.2 Å². The van der Waals surface area contributed by atoms with Gasteiger partial charge in [0.2, 0.25) is 0 Å². The Morgan fingerprint density at radius 2 is 2.15 bits per heavy atom. The molecule has 0 spiro atoms. The van der Waals surface area contributed by atoms with Crippen LogP contribution < -0.4 is 0 Å². The summed E-state index contributed by atoms with van der Waals surface area (Å²) >= 11 is 0. The fourth-order valence-corrected chi connectivity index (χ4v) is 1.10. The molecular formula is C10H14N2O. The number of aliphatic hydroxyl groups is 1. The van der Waals surface area contributed by atoms with Crippen molar-refractivity contribution in [2.24, 2.45) is 0 Å². The average molecular weight is 178 g/mol. The lowest BCUT2D eigenvalue weighted by molar-refractivity contribution is 0.276. The second kappa shape index (κ2) is 3.58. The molecular weight excluding hydrogens is 164 g/mol. The van der Waals surface area contributed by atoms with Gasteiger partial charge in [-0.15, -0.1) is 0 Å². The van der Waals surface area contributed by atoms with Crippen LogP contribution in [0, 0.1) is 0 Å². The summed E-state index contributed by atoms with van der Waals surface area (Å²) in [6.45, 7) is 11.3. The molecule has 1 rings (SSSR count). The van der Waals surface area contributed by atoms with E-state index in [9.17, 15) is 0 Å². The summed E-state index contributed by atoms with van der Waals surface area (Å²) in [7, 11) is 0. The first kappa shape index (κ1) is 9.74. The molecule has 70 valence electrons. The van der Waals surface area contributed by atoms with Gasteiger partial charge in [-0.2, -0.15) is 5.10 Å². The first-order chi connectivity index (χ1) is 6.06. The van der Waals surface area contributed by atoms with Crippen LogP contribution in [0.2, 0.25) is 0 Å². The minimum Gasteiger partial charge on any atom is -0.390 e. The Kier molecular flexibility index (Phi) is 2.68. The molecule has 0 aliphatic rings. The quantitative estimate of drug-likeness (QED) is 0.767. The van der Waals surface area contributed by atoms with Crippen LogP contribution in [0.1, 0.15) is 25.2 Å². The summed E-state index contributed by atoms with van der Waals surface area (Å²) in [5.74, 6) is 0. The van der Waals surface area contributed by atoms with Crippen molar-refractivity contribution in [2.75, 3.05) is 0 Å². The normalized spacial score (nSPS) is 10.1. The van der Waals surface area contributed by atoms with Gasteiger partial charge in [0, 0.05) is 5.70 Å². The Morgan fingerprint density at radius 1 is 1.54 bits per heavy atom. The van der Waals surface area contributed by atoms with E-state index in [0.717, 1.165) is 17.0 Å². The Morgan fingerprint density at radius 3 is 2.46 bits per heavy atom. The monoisotopic (exact) mass is 178 g/mol. The van der Waals surface area contributed by atoms with E-state index >= 15 is 0 Å². The van der Waals surface area contributed by atoms with E-state index in [2.05, 4.69) is 18.3 Å². The Bertz CT molecular complexity index is 318. The molecule has 0 aliphatic heterocycles. The molecule has 3 heteroatoms. The summed E-state index contributed by atoms with van der Waals surface area (Å²) in [4.78, 5) is 0. The van der Waals surface area contributed by atoms with Gasteiger partial charge in [0.05, 0.1) is 18.0 Å². The first-order valence-electron chi connectivity index (χ1n) is 4.08. The largest absolute Gasteiger partial charge is 0.390 e. The van der Waals surface area contributed by atoms with Gasteiger partial charge in [-0.25, -0.2) is 4.68 Å². The number of aromatic nitrogens is 2. The van der Waals surface area contributed by atoms with Gasteiger partial charge in [-0.3, -0.25) is 0 Å². The number of hydrogen-bond acceptors (Lipinski definition) is 2. The zero-order valence-electron chi connectivity index (χ0n) is 8.04. The van der Waals surface area contributed by atoms with Crippen LogP contribution >= 0.6 is 0 Å². The third-order valence-electron chi connectivity index (χ3n) is 1.72. The lowest BCUT2D eigenvalue weighted by Gasteiger charge is -2.04. The van der Waals surface area contributed by atoms with Crippen molar-refractivity contribution in [3.63, 3.8) is 0 Å². The second-order valence-electron chi connectivity index (χ2n) is 3.11. The molecule has 0 radical (unpaired) electrons. The van der Waals surface area contributed by atoms with Gasteiger partial charge in [0.25, 0.3) is 0 Å². The fourth-order valence-electron chi connectivity index (χ4n) is 1.10. The van der Waals surface area contributed by atoms with Gasteiger partial charge in [-0.05, 0) is 25.5 Å². The molecule has 0 aliphatic carbocycles. The lowest BCUT2D eigenvalue weighted by Crippen LogP contribution is -1.99. The van der Waals surface area contributed by atoms with E-state index in [1.807, 2.05) is 19.9 Å². The highest BCUT2D eigenvalue weighted by Crippen LogP contribution is 2.16. The highest BCUT2D eigenvalue weighted by molar-refractivity contribution is 5.62. The molecule has 0 aromatic carbocycles. The number of nitrogens with zero attached hydrogens (tertiary/aromatic N) is 2. The highest BCUT2D eigenvalue weighted by Gasteiger charge is 2.07. The number of hydrogen-bond donors (Lipinski definition) is 1. The van der Waals surface area contributed by atoms with Crippen molar-refractivity contribution in [1.82, 2.24) is 9.78 Å². The fraction of sp³-hybridized carbons (Fsp3) is 0.300. The number of aliphatic hydroxyl groups excluding tert-OH is 1. The second-order valence-corrected chi connectivity index (χ2v) is 3.11. The molecule has 1 heterocycles. The van der Waals surface area contributed by atoms with E-state index < -0.39 is 0 Å². The van der Waals surface area contributed by atoms with Crippen molar-refractivity contribution >= 4 is 11.3 Å². The molecule has 0 unspecified atom stereocenters. The Labute approximate surface area is 78.0 Å². The maximum atomic E-state index is 8.90. The van der Waals surface area contributed by atoms with Crippen LogP contribution in [0.5, 0.6) is 0 Å². The van der Waals surface area contributed by atoms with Crippen molar-refractivity contribution in [3.8, 4) is 0 Å². The third-order valence-corrected chi connectivity index (χ3v) is 1.72. The van der Waals surface area contributed by atoms with Gasteiger partial charge in [0.1, 0.15) is 0 Å². The predicted molar refractivity (Wildman–Crippen MR) is 53.9 cm³/mol. The average Bonchev–Trinajstić information content (AvgIpc) is 2.47. The van der Waals surface area contributed by atoms with Crippen LogP contribution in [0.15, 0.2) is 19.2 Å². The Balaban J connectivity index is 3.23. The summed E-state index contributed by atoms with van der Waals surface area (Å²) in [6.07, 6.45) is 0. The van der Waals surface area contributed by atoms with Crippen molar-refractivity contribution in [3.05, 3.63) is 30.6 Å². The maximum absolute atomic E-state index is 8.90. The third kappa shape index (κ3) is 1.87. The van der Waals surface area contributed by atoms with Crippen molar-refractivity contribution in [2.45, 2.75) is 20.5 Å². The van der Waals surface area contributed by atoms with Crippen LogP contribution in [-0.4, -0.2) is 14.9 Å². The molecule has 3 nitrogen and oxygen atoms in total. The van der Waals surface area contributed by atoms with E-state index in [4.69, 9.17) is 5.11 Å². The topological polar surface area (TPSA) is 38.1 Å². The van der Waals surface area contributed by atoms with Crippen LogP contribution in [-0.2, 0) is 6.61 Å². The summed E-state index contributed by atoms with van der Waals surface area (Å²) in [5.41, 5.74) is 3.27. The molecule has 1 aromatic rings. The predicted octanol–water partition coefficient (Wildman–Crippen LogP) is 1.90. The van der Waals surface area contributed by atoms with Gasteiger partial charge < -0.3 is 5.11 Å². The molecule has 1 aromatic heterocycles. The zero-order valence-corrected chi connectivity index (χ0v) is 8.04. The first-order valence-corrected chi connectivity index (χ1v) is 4.08. The summed E-state index contributed by atoms with van der Waals surface area (Å²) in [6, 6.07) is 1.82. The minimum atomic E-state index is -0.0550. The smallest absolute Gasteiger partial charge is 0.0889 e. The highest BCUT2D eigenvalue weighted by atomic mass is 16.3. The Hall–Kier alpha value is -1.35. The molecule has 0 atom stereocenters. The molecule has 0 saturated carbocycles. The van der Waals surface area contributed by atoms with Gasteiger partial charge in [0.15, 0.2) is 0 Å². The molecule has 0 amide bonds. The molecule has 13 heavy (non-hydrogen) atoms. The number of allylic oxidation sites excluding steroid dienone is 2. The summed E-state index contributed by atoms with van der Waals surface area (Å²) < 4.78 is 1.69. The molecule has 0 saturated heterocycles. The SMILES string of the molecule is C=C(C)c1cc(CO)nn1C(=C)C. The molecule has 0 bridgehead atoms. The van der Waals surface area contributed by atoms with E-state index in [0.29, 0.717) is 5.69 Å². The standard InChI is InChI=1S/C10H14N2O/c1-7(2)10-5-9(6-13)11-12(10)8(3)4/h5,13H,1,3,6H2,2,4H3. The maximum Gasteiger partial charge on any atom is 0.0889 e. The van der Waals surface area contributed by atoms with Gasteiger partial charge >= 0.3 is 0 Å². The number of rotatable bonds is 3. The zero-order chi connectivity index (χ0) is 10.0. The van der Waals surface area contributed by atoms with Crippen LogP contribution in [0.3, 0.4) is 0 Å². The molecule has 1 N–H and O–H groups in total.